The first-order valence-electron chi connectivity index (χ1n) is 17.6. The zero-order chi connectivity index (χ0) is 37.0. The Hall–Kier alpha value is -5.86. The highest BCUT2D eigenvalue weighted by Gasteiger charge is 2.36. The molecular formula is C49H52N2. The normalized spacial score (nSPS) is 14.7. The molecule has 4 rings (SSSR count). The molecule has 0 saturated carbocycles. The minimum atomic E-state index is -0.186. The van der Waals surface area contributed by atoms with Gasteiger partial charge in [0.1, 0.15) is 0 Å². The fourth-order valence-electron chi connectivity index (χ4n) is 6.53. The Morgan fingerprint density at radius 2 is 1.10 bits per heavy atom. The van der Waals surface area contributed by atoms with Crippen molar-refractivity contribution in [2.45, 2.75) is 47.0 Å². The number of anilines is 2. The maximum Gasteiger partial charge on any atom is 0.0464 e. The molecule has 0 aromatic heterocycles. The number of rotatable bonds is 15. The van der Waals surface area contributed by atoms with Gasteiger partial charge in [-0.25, -0.2) is 0 Å². The lowest BCUT2D eigenvalue weighted by molar-refractivity contribution is 0.660. The van der Waals surface area contributed by atoms with E-state index in [2.05, 4.69) is 160 Å². The number of nitrogens with zero attached hydrogens (tertiary/aromatic N) is 2. The zero-order valence-corrected chi connectivity index (χ0v) is 31.2. The average molecular weight is 669 g/mol. The molecular weight excluding hydrogens is 617 g/mol. The summed E-state index contributed by atoms with van der Waals surface area (Å²) >= 11 is 0. The van der Waals surface area contributed by atoms with Gasteiger partial charge in [0.15, 0.2) is 0 Å². The number of hydrogen-bond donors (Lipinski definition) is 0. The SMILES string of the molecule is C=C/C=C\C(=C/C)N(/C(C=C)=C/C=C\C)c1ccc2c(c1)C(C)(C)c1cc(/C=C/c3ccc(N(/C(C=C)=C/C=C)C(/C=C\C)=C/C)cc3)ccc1-2. The summed E-state index contributed by atoms with van der Waals surface area (Å²) in [5.74, 6) is 0. The van der Waals surface area contributed by atoms with Crippen LogP contribution in [0.2, 0.25) is 0 Å². The van der Waals surface area contributed by atoms with Crippen molar-refractivity contribution in [3.05, 3.63) is 217 Å². The maximum atomic E-state index is 4.15. The Kier molecular flexibility index (Phi) is 13.2. The molecule has 3 aromatic rings. The lowest BCUT2D eigenvalue weighted by atomic mass is 9.81. The van der Waals surface area contributed by atoms with E-state index in [1.165, 1.54) is 27.8 Å². The van der Waals surface area contributed by atoms with Gasteiger partial charge >= 0.3 is 0 Å². The Balaban J connectivity index is 1.69. The van der Waals surface area contributed by atoms with Crippen molar-refractivity contribution in [2.75, 3.05) is 9.80 Å². The first-order valence-corrected chi connectivity index (χ1v) is 17.6. The molecule has 0 aliphatic heterocycles. The maximum absolute atomic E-state index is 4.15. The van der Waals surface area contributed by atoms with Gasteiger partial charge in [-0.3, -0.25) is 0 Å². The lowest BCUT2D eigenvalue weighted by Crippen LogP contribution is -2.21. The molecule has 2 heteroatoms. The third-order valence-electron chi connectivity index (χ3n) is 9.09. The van der Waals surface area contributed by atoms with E-state index in [0.29, 0.717) is 0 Å². The molecule has 0 amide bonds. The average Bonchev–Trinajstić information content (AvgIpc) is 3.37. The van der Waals surface area contributed by atoms with Gasteiger partial charge in [0.05, 0.1) is 0 Å². The smallest absolute Gasteiger partial charge is 0.0464 e. The van der Waals surface area contributed by atoms with Gasteiger partial charge in [0.25, 0.3) is 0 Å². The van der Waals surface area contributed by atoms with E-state index in [1.54, 1.807) is 12.2 Å². The molecule has 0 bridgehead atoms. The van der Waals surface area contributed by atoms with Crippen LogP contribution in [-0.4, -0.2) is 0 Å². The molecule has 2 nitrogen and oxygen atoms in total. The number of allylic oxidation sites excluding steroid dienone is 14. The molecule has 0 radical (unpaired) electrons. The second-order valence-electron chi connectivity index (χ2n) is 12.6. The van der Waals surface area contributed by atoms with Crippen LogP contribution in [0.25, 0.3) is 23.3 Å². The van der Waals surface area contributed by atoms with Crippen molar-refractivity contribution in [3.63, 3.8) is 0 Å². The summed E-state index contributed by atoms with van der Waals surface area (Å²) in [6, 6.07) is 22.3. The first kappa shape index (κ1) is 38.0. The summed E-state index contributed by atoms with van der Waals surface area (Å²) < 4.78 is 0. The van der Waals surface area contributed by atoms with E-state index < -0.39 is 0 Å². The van der Waals surface area contributed by atoms with E-state index in [1.807, 2.05) is 63.3 Å². The van der Waals surface area contributed by atoms with Crippen LogP contribution in [0.4, 0.5) is 11.4 Å². The van der Waals surface area contributed by atoms with Gasteiger partial charge in [0.2, 0.25) is 0 Å². The minimum absolute atomic E-state index is 0.186. The lowest BCUT2D eigenvalue weighted by Gasteiger charge is -2.29. The van der Waals surface area contributed by atoms with Crippen LogP contribution in [0.1, 0.15) is 63.8 Å². The fraction of sp³-hybridized carbons (Fsp3) is 0.143. The van der Waals surface area contributed by atoms with Crippen LogP contribution in [0.5, 0.6) is 0 Å². The summed E-state index contributed by atoms with van der Waals surface area (Å²) in [7, 11) is 0. The second-order valence-corrected chi connectivity index (χ2v) is 12.6. The predicted molar refractivity (Wildman–Crippen MR) is 228 cm³/mol. The van der Waals surface area contributed by atoms with Gasteiger partial charge in [0, 0.05) is 39.6 Å². The van der Waals surface area contributed by atoms with Crippen molar-refractivity contribution < 1.29 is 0 Å². The van der Waals surface area contributed by atoms with Gasteiger partial charge < -0.3 is 9.80 Å². The van der Waals surface area contributed by atoms with Crippen LogP contribution in [0.15, 0.2) is 195 Å². The van der Waals surface area contributed by atoms with E-state index in [4.69, 9.17) is 0 Å². The topological polar surface area (TPSA) is 6.48 Å². The molecule has 0 saturated heterocycles. The first-order chi connectivity index (χ1) is 24.7. The largest absolute Gasteiger partial charge is 0.311 e. The van der Waals surface area contributed by atoms with E-state index in [0.717, 1.165) is 39.7 Å². The van der Waals surface area contributed by atoms with Crippen molar-refractivity contribution in [1.29, 1.82) is 0 Å². The van der Waals surface area contributed by atoms with Gasteiger partial charge in [-0.1, -0.05) is 137 Å². The molecule has 0 N–H and O–H groups in total. The van der Waals surface area contributed by atoms with Crippen LogP contribution in [-0.2, 0) is 5.41 Å². The standard InChI is InChI=1S/C49H52N2/c1-11-19-23-41(17-7)51(42(18-8)24-20-12-2)44-32-34-46-45-33-29-38(35-47(45)49(9,10)48(46)36-44)26-25-37-27-30-43(31-28-37)50(39(15-5)21-13-3)40(16-6)22-14-4/h11-36H,1,3,5,8H2,2,4,6-7,9-10H3/b20-12-,22-14-,23-19-,26-25+,39-21+,40-16+,41-17+,42-24+. The van der Waals surface area contributed by atoms with Crippen LogP contribution < -0.4 is 9.80 Å². The highest BCUT2D eigenvalue weighted by atomic mass is 15.2. The monoisotopic (exact) mass is 668 g/mol. The van der Waals surface area contributed by atoms with Crippen LogP contribution in [0.3, 0.4) is 0 Å². The van der Waals surface area contributed by atoms with Crippen LogP contribution >= 0.6 is 0 Å². The molecule has 0 fully saturated rings. The van der Waals surface area contributed by atoms with E-state index in [-0.39, 0.29) is 5.41 Å². The van der Waals surface area contributed by atoms with Crippen LogP contribution in [0, 0.1) is 0 Å². The predicted octanol–water partition coefficient (Wildman–Crippen LogP) is 13.8. The molecule has 0 atom stereocenters. The van der Waals surface area contributed by atoms with Gasteiger partial charge in [-0.15, -0.1) is 0 Å². The van der Waals surface area contributed by atoms with E-state index >= 15 is 0 Å². The molecule has 1 aliphatic rings. The van der Waals surface area contributed by atoms with Gasteiger partial charge in [-0.2, -0.15) is 0 Å². The zero-order valence-electron chi connectivity index (χ0n) is 31.2. The summed E-state index contributed by atoms with van der Waals surface area (Å²) in [5.41, 5.74) is 13.5. The molecule has 258 valence electrons. The summed E-state index contributed by atoms with van der Waals surface area (Å²) in [6.07, 6.45) is 32.3. The molecule has 1 aliphatic carbocycles. The van der Waals surface area contributed by atoms with Crippen molar-refractivity contribution >= 4 is 23.5 Å². The Bertz CT molecular complexity index is 2010. The Labute approximate surface area is 307 Å². The molecule has 51 heavy (non-hydrogen) atoms. The van der Waals surface area contributed by atoms with E-state index in [9.17, 15) is 0 Å². The fourth-order valence-corrected chi connectivity index (χ4v) is 6.53. The second kappa shape index (κ2) is 17.7. The Morgan fingerprint density at radius 1 is 0.549 bits per heavy atom. The van der Waals surface area contributed by atoms with Gasteiger partial charge in [-0.05, 0) is 122 Å². The molecule has 0 heterocycles. The van der Waals surface area contributed by atoms with Crippen molar-refractivity contribution in [1.82, 2.24) is 0 Å². The molecule has 0 spiro atoms. The number of benzene rings is 3. The Morgan fingerprint density at radius 3 is 1.69 bits per heavy atom. The summed E-state index contributed by atoms with van der Waals surface area (Å²) in [4.78, 5) is 4.43. The van der Waals surface area contributed by atoms with Crippen molar-refractivity contribution in [3.8, 4) is 11.1 Å². The molecule has 3 aromatic carbocycles. The summed E-state index contributed by atoms with van der Waals surface area (Å²) in [6.45, 7) is 28.8. The minimum Gasteiger partial charge on any atom is -0.311 e. The third kappa shape index (κ3) is 8.31. The summed E-state index contributed by atoms with van der Waals surface area (Å²) in [5, 5.41) is 0. The quantitative estimate of drug-likeness (QED) is 0.117. The van der Waals surface area contributed by atoms with Crippen molar-refractivity contribution in [2.24, 2.45) is 0 Å². The third-order valence-corrected chi connectivity index (χ3v) is 9.09. The number of fused-ring (bicyclic) bond motifs is 3. The molecule has 0 unspecified atom stereocenters. The highest BCUT2D eigenvalue weighted by molar-refractivity contribution is 5.85. The highest BCUT2D eigenvalue weighted by Crippen LogP contribution is 2.50. The number of hydrogen-bond acceptors (Lipinski definition) is 2.